The Hall–Kier alpha value is -1.90. The summed E-state index contributed by atoms with van der Waals surface area (Å²) in [5.41, 5.74) is 5.99. The standard InChI is InChI=1S/C14H17N5O2S/c15-9-14(4-7-21-8-5-14)12(20)17-13-19-18-11(22-13)10-3-1-2-6-16-10/h1-3,6H,4-5,7-9,15H2,(H,17,19,20). The molecule has 0 saturated carbocycles. The number of ether oxygens (including phenoxy) is 1. The maximum Gasteiger partial charge on any atom is 0.233 e. The summed E-state index contributed by atoms with van der Waals surface area (Å²) in [7, 11) is 0. The van der Waals surface area contributed by atoms with E-state index < -0.39 is 5.41 Å². The van der Waals surface area contributed by atoms with Crippen LogP contribution in [-0.4, -0.2) is 40.8 Å². The fourth-order valence-corrected chi connectivity index (χ4v) is 3.10. The van der Waals surface area contributed by atoms with Gasteiger partial charge in [-0.3, -0.25) is 15.1 Å². The Balaban J connectivity index is 1.73. The van der Waals surface area contributed by atoms with E-state index in [0.717, 1.165) is 5.69 Å². The maximum absolute atomic E-state index is 12.5. The number of hydrogen-bond acceptors (Lipinski definition) is 7. The number of carbonyl (C=O) groups excluding carboxylic acids is 1. The Bertz CT molecular complexity index is 640. The van der Waals surface area contributed by atoms with E-state index >= 15 is 0 Å². The molecule has 3 N–H and O–H groups in total. The zero-order valence-electron chi connectivity index (χ0n) is 12.0. The van der Waals surface area contributed by atoms with E-state index in [4.69, 9.17) is 10.5 Å². The van der Waals surface area contributed by atoms with Crippen LogP contribution in [0.15, 0.2) is 24.4 Å². The first-order valence-electron chi connectivity index (χ1n) is 7.08. The molecule has 0 unspecified atom stereocenters. The maximum atomic E-state index is 12.5. The van der Waals surface area contributed by atoms with Crippen molar-refractivity contribution in [2.24, 2.45) is 11.1 Å². The molecule has 1 amide bonds. The minimum Gasteiger partial charge on any atom is -0.381 e. The van der Waals surface area contributed by atoms with Crippen molar-refractivity contribution in [3.63, 3.8) is 0 Å². The lowest BCUT2D eigenvalue weighted by Gasteiger charge is -2.34. The third kappa shape index (κ3) is 2.99. The molecule has 3 heterocycles. The van der Waals surface area contributed by atoms with Gasteiger partial charge < -0.3 is 10.5 Å². The summed E-state index contributed by atoms with van der Waals surface area (Å²) in [6, 6.07) is 5.57. The summed E-state index contributed by atoms with van der Waals surface area (Å²) < 4.78 is 5.32. The molecule has 0 aromatic carbocycles. The van der Waals surface area contributed by atoms with Crippen molar-refractivity contribution in [3.8, 4) is 10.7 Å². The minimum absolute atomic E-state index is 0.109. The van der Waals surface area contributed by atoms with Gasteiger partial charge in [0, 0.05) is 26.0 Å². The van der Waals surface area contributed by atoms with Crippen LogP contribution < -0.4 is 11.1 Å². The zero-order chi connectivity index (χ0) is 15.4. The number of amides is 1. The molecule has 1 aliphatic heterocycles. The van der Waals surface area contributed by atoms with Gasteiger partial charge in [0.25, 0.3) is 0 Å². The molecule has 1 saturated heterocycles. The average molecular weight is 319 g/mol. The molecule has 0 spiro atoms. The van der Waals surface area contributed by atoms with Gasteiger partial charge in [-0.15, -0.1) is 10.2 Å². The van der Waals surface area contributed by atoms with Crippen molar-refractivity contribution in [1.29, 1.82) is 0 Å². The Kier molecular flexibility index (Phi) is 4.41. The number of aromatic nitrogens is 3. The first-order valence-corrected chi connectivity index (χ1v) is 7.89. The highest BCUT2D eigenvalue weighted by atomic mass is 32.1. The van der Waals surface area contributed by atoms with E-state index in [1.54, 1.807) is 6.20 Å². The lowest BCUT2D eigenvalue weighted by atomic mass is 9.79. The van der Waals surface area contributed by atoms with Crippen molar-refractivity contribution in [2.45, 2.75) is 12.8 Å². The second-order valence-corrected chi connectivity index (χ2v) is 6.16. The molecule has 22 heavy (non-hydrogen) atoms. The van der Waals surface area contributed by atoms with Gasteiger partial charge >= 0.3 is 0 Å². The van der Waals surface area contributed by atoms with E-state index in [-0.39, 0.29) is 5.91 Å². The average Bonchev–Trinajstić information content (AvgIpc) is 3.05. The summed E-state index contributed by atoms with van der Waals surface area (Å²) in [5.74, 6) is -0.109. The monoisotopic (exact) mass is 319 g/mol. The van der Waals surface area contributed by atoms with E-state index in [9.17, 15) is 4.79 Å². The lowest BCUT2D eigenvalue weighted by molar-refractivity contribution is -0.130. The van der Waals surface area contributed by atoms with Crippen molar-refractivity contribution in [1.82, 2.24) is 15.2 Å². The van der Waals surface area contributed by atoms with Crippen molar-refractivity contribution >= 4 is 22.4 Å². The summed E-state index contributed by atoms with van der Waals surface area (Å²) in [6.07, 6.45) is 2.95. The first kappa shape index (κ1) is 15.0. The van der Waals surface area contributed by atoms with Crippen molar-refractivity contribution in [2.75, 3.05) is 25.1 Å². The van der Waals surface area contributed by atoms with Crippen LogP contribution in [-0.2, 0) is 9.53 Å². The summed E-state index contributed by atoms with van der Waals surface area (Å²) >= 11 is 1.30. The van der Waals surface area contributed by atoms with Crippen LogP contribution in [0.4, 0.5) is 5.13 Å². The van der Waals surface area contributed by atoms with Crippen LogP contribution in [0.5, 0.6) is 0 Å². The second-order valence-electron chi connectivity index (χ2n) is 5.18. The van der Waals surface area contributed by atoms with Crippen LogP contribution >= 0.6 is 11.3 Å². The summed E-state index contributed by atoms with van der Waals surface area (Å²) in [6.45, 7) is 1.41. The number of carbonyl (C=O) groups is 1. The van der Waals surface area contributed by atoms with Crippen LogP contribution in [0, 0.1) is 5.41 Å². The molecule has 0 radical (unpaired) electrons. The van der Waals surface area contributed by atoms with Crippen LogP contribution in [0.3, 0.4) is 0 Å². The fourth-order valence-electron chi connectivity index (χ4n) is 2.38. The number of hydrogen-bond donors (Lipinski definition) is 2. The molecule has 2 aromatic rings. The predicted molar refractivity (Wildman–Crippen MR) is 83.3 cm³/mol. The summed E-state index contributed by atoms with van der Waals surface area (Å²) in [4.78, 5) is 16.8. The highest BCUT2D eigenvalue weighted by molar-refractivity contribution is 7.18. The van der Waals surface area contributed by atoms with Crippen LogP contribution in [0.25, 0.3) is 10.7 Å². The van der Waals surface area contributed by atoms with Crippen molar-refractivity contribution in [3.05, 3.63) is 24.4 Å². The number of nitrogens with zero attached hydrogens (tertiary/aromatic N) is 3. The third-order valence-electron chi connectivity index (χ3n) is 3.85. The van der Waals surface area contributed by atoms with E-state index in [0.29, 0.717) is 42.7 Å². The van der Waals surface area contributed by atoms with Gasteiger partial charge in [0.2, 0.25) is 11.0 Å². The number of nitrogens with one attached hydrogen (secondary N) is 1. The van der Waals surface area contributed by atoms with Gasteiger partial charge in [-0.05, 0) is 25.0 Å². The molecule has 8 heteroatoms. The highest BCUT2D eigenvalue weighted by Gasteiger charge is 2.39. The minimum atomic E-state index is -0.574. The molecule has 3 rings (SSSR count). The first-order chi connectivity index (χ1) is 10.7. The van der Waals surface area contributed by atoms with Gasteiger partial charge in [-0.1, -0.05) is 17.4 Å². The number of anilines is 1. The Labute approximate surface area is 131 Å². The molecule has 0 bridgehead atoms. The highest BCUT2D eigenvalue weighted by Crippen LogP contribution is 2.32. The van der Waals surface area contributed by atoms with Crippen LogP contribution in [0.1, 0.15) is 12.8 Å². The molecule has 116 valence electrons. The van der Waals surface area contributed by atoms with Gasteiger partial charge in [0.1, 0.15) is 5.69 Å². The molecule has 2 aromatic heterocycles. The van der Waals surface area contributed by atoms with Gasteiger partial charge in [0.15, 0.2) is 5.01 Å². The Morgan fingerprint density at radius 2 is 2.18 bits per heavy atom. The molecular weight excluding hydrogens is 302 g/mol. The molecule has 7 nitrogen and oxygen atoms in total. The Morgan fingerprint density at radius 1 is 1.36 bits per heavy atom. The summed E-state index contributed by atoms with van der Waals surface area (Å²) in [5, 5.41) is 12.1. The zero-order valence-corrected chi connectivity index (χ0v) is 12.8. The SMILES string of the molecule is NCC1(C(=O)Nc2nnc(-c3ccccn3)s2)CCOCC1. The number of nitrogens with two attached hydrogens (primary N) is 1. The smallest absolute Gasteiger partial charge is 0.233 e. The van der Waals surface area contributed by atoms with E-state index in [2.05, 4.69) is 20.5 Å². The second kappa shape index (κ2) is 6.47. The normalized spacial score (nSPS) is 17.1. The number of pyridine rings is 1. The van der Waals surface area contributed by atoms with Gasteiger partial charge in [-0.2, -0.15) is 0 Å². The van der Waals surface area contributed by atoms with E-state index in [1.807, 2.05) is 18.2 Å². The van der Waals surface area contributed by atoms with Gasteiger partial charge in [0.05, 0.1) is 5.41 Å². The largest absolute Gasteiger partial charge is 0.381 e. The topological polar surface area (TPSA) is 103 Å². The third-order valence-corrected chi connectivity index (χ3v) is 4.71. The quantitative estimate of drug-likeness (QED) is 0.880. The predicted octanol–water partition coefficient (Wildman–Crippen LogP) is 1.29. The molecule has 1 aliphatic rings. The Morgan fingerprint density at radius 3 is 2.86 bits per heavy atom. The molecule has 1 fully saturated rings. The molecule has 0 aliphatic carbocycles. The fraction of sp³-hybridized carbons (Fsp3) is 0.429. The lowest BCUT2D eigenvalue weighted by Crippen LogP contribution is -2.46. The molecule has 0 atom stereocenters. The number of rotatable bonds is 4. The van der Waals surface area contributed by atoms with Crippen LogP contribution in [0.2, 0.25) is 0 Å². The van der Waals surface area contributed by atoms with Gasteiger partial charge in [-0.25, -0.2) is 0 Å². The van der Waals surface area contributed by atoms with E-state index in [1.165, 1.54) is 11.3 Å². The molecular formula is C14H17N5O2S. The van der Waals surface area contributed by atoms with Crippen molar-refractivity contribution < 1.29 is 9.53 Å².